The molecule has 1 aromatic rings. The van der Waals surface area contributed by atoms with Gasteiger partial charge < -0.3 is 11.5 Å². The number of nitrogens with zero attached hydrogens (tertiary/aromatic N) is 1. The maximum atomic E-state index is 12.5. The fourth-order valence-corrected chi connectivity index (χ4v) is 1.29. The molecule has 90 valence electrons. The molecular weight excluding hydrogens is 233 g/mol. The topological polar surface area (TPSA) is 64.9 Å². The first-order valence-electron chi connectivity index (χ1n) is 4.11. The predicted octanol–water partition coefficient (Wildman–Crippen LogP) is 2.08. The highest BCUT2D eigenvalue weighted by molar-refractivity contribution is 5.52. The molecular formula is C8H8F5N3. The van der Waals surface area contributed by atoms with Crippen molar-refractivity contribution in [3.63, 3.8) is 0 Å². The maximum absolute atomic E-state index is 12.5. The Morgan fingerprint density at radius 3 is 2.25 bits per heavy atom. The lowest BCUT2D eigenvalue weighted by Gasteiger charge is -2.15. The Balaban J connectivity index is 3.49. The minimum Gasteiger partial charge on any atom is -0.397 e. The standard InChI is InChI=1S/C8H8F5N3/c9-7(10)5-3(1-14)6(8(11,12)13)16-2-4(5)15/h2,7H,1,14-15H2. The van der Waals surface area contributed by atoms with Gasteiger partial charge in [-0.3, -0.25) is 0 Å². The van der Waals surface area contributed by atoms with Crippen molar-refractivity contribution >= 4 is 5.69 Å². The monoisotopic (exact) mass is 241 g/mol. The molecule has 0 bridgehead atoms. The van der Waals surface area contributed by atoms with Crippen LogP contribution in [0.25, 0.3) is 0 Å². The van der Waals surface area contributed by atoms with E-state index >= 15 is 0 Å². The predicted molar refractivity (Wildman–Crippen MR) is 46.5 cm³/mol. The highest BCUT2D eigenvalue weighted by Gasteiger charge is 2.37. The highest BCUT2D eigenvalue weighted by Crippen LogP contribution is 2.36. The average molecular weight is 241 g/mol. The largest absolute Gasteiger partial charge is 0.433 e. The lowest BCUT2D eigenvalue weighted by Crippen LogP contribution is -2.18. The minimum absolute atomic E-state index is 0.497. The number of pyridine rings is 1. The van der Waals surface area contributed by atoms with Gasteiger partial charge in [-0.1, -0.05) is 0 Å². The Morgan fingerprint density at radius 2 is 1.88 bits per heavy atom. The van der Waals surface area contributed by atoms with Gasteiger partial charge in [-0.05, 0) is 0 Å². The summed E-state index contributed by atoms with van der Waals surface area (Å²) in [6, 6.07) is 0. The number of rotatable bonds is 2. The summed E-state index contributed by atoms with van der Waals surface area (Å²) in [6.07, 6.45) is -7.39. The Hall–Kier alpha value is -1.44. The summed E-state index contributed by atoms with van der Waals surface area (Å²) in [7, 11) is 0. The minimum atomic E-state index is -4.83. The molecule has 0 unspecified atom stereocenters. The van der Waals surface area contributed by atoms with Gasteiger partial charge in [-0.2, -0.15) is 13.2 Å². The van der Waals surface area contributed by atoms with Crippen LogP contribution >= 0.6 is 0 Å². The van der Waals surface area contributed by atoms with E-state index in [0.29, 0.717) is 6.20 Å². The first-order chi connectivity index (χ1) is 7.29. The van der Waals surface area contributed by atoms with Crippen LogP contribution in [0, 0.1) is 0 Å². The van der Waals surface area contributed by atoms with Gasteiger partial charge >= 0.3 is 6.18 Å². The summed E-state index contributed by atoms with van der Waals surface area (Å²) >= 11 is 0. The molecule has 0 radical (unpaired) electrons. The van der Waals surface area contributed by atoms with Crippen LogP contribution < -0.4 is 11.5 Å². The second-order valence-electron chi connectivity index (χ2n) is 2.96. The molecule has 1 aromatic heterocycles. The SMILES string of the molecule is NCc1c(C(F)(F)F)ncc(N)c1C(F)F. The van der Waals surface area contributed by atoms with Crippen LogP contribution in [0.15, 0.2) is 6.20 Å². The van der Waals surface area contributed by atoms with Crippen LogP contribution in [0.3, 0.4) is 0 Å². The quantitative estimate of drug-likeness (QED) is 0.779. The molecule has 0 saturated heterocycles. The van der Waals surface area contributed by atoms with E-state index in [-0.39, 0.29) is 0 Å². The molecule has 4 N–H and O–H groups in total. The average Bonchev–Trinajstić information content (AvgIpc) is 2.14. The van der Waals surface area contributed by atoms with Crippen LogP contribution in [0.5, 0.6) is 0 Å². The van der Waals surface area contributed by atoms with E-state index in [2.05, 4.69) is 4.98 Å². The molecule has 0 aliphatic carbocycles. The van der Waals surface area contributed by atoms with E-state index < -0.39 is 41.7 Å². The molecule has 16 heavy (non-hydrogen) atoms. The van der Waals surface area contributed by atoms with Crippen molar-refractivity contribution in [2.45, 2.75) is 19.1 Å². The number of aromatic nitrogens is 1. The van der Waals surface area contributed by atoms with E-state index in [1.165, 1.54) is 0 Å². The Bertz CT molecular complexity index is 388. The van der Waals surface area contributed by atoms with Crippen LogP contribution in [-0.4, -0.2) is 4.98 Å². The summed E-state index contributed by atoms with van der Waals surface area (Å²) in [6.45, 7) is -0.702. The number of nitrogen functional groups attached to an aromatic ring is 1. The molecule has 1 heterocycles. The van der Waals surface area contributed by atoms with Gasteiger partial charge in [0.25, 0.3) is 6.43 Å². The number of anilines is 1. The van der Waals surface area contributed by atoms with Crippen molar-refractivity contribution in [1.29, 1.82) is 0 Å². The molecule has 0 aliphatic heterocycles. The lowest BCUT2D eigenvalue weighted by atomic mass is 10.0. The van der Waals surface area contributed by atoms with Crippen molar-refractivity contribution in [2.75, 3.05) is 5.73 Å². The third-order valence-electron chi connectivity index (χ3n) is 1.95. The molecule has 0 aromatic carbocycles. The lowest BCUT2D eigenvalue weighted by molar-refractivity contribution is -0.141. The molecule has 0 aliphatic rings. The van der Waals surface area contributed by atoms with Gasteiger partial charge in [0.05, 0.1) is 11.9 Å². The maximum Gasteiger partial charge on any atom is 0.433 e. The summed E-state index contributed by atoms with van der Waals surface area (Å²) in [5.74, 6) is 0. The van der Waals surface area contributed by atoms with Gasteiger partial charge in [0.2, 0.25) is 0 Å². The molecule has 0 amide bonds. The van der Waals surface area contributed by atoms with Gasteiger partial charge in [0.15, 0.2) is 0 Å². The fraction of sp³-hybridized carbons (Fsp3) is 0.375. The molecule has 1 rings (SSSR count). The van der Waals surface area contributed by atoms with Crippen LogP contribution in [-0.2, 0) is 12.7 Å². The van der Waals surface area contributed by atoms with Crippen molar-refractivity contribution in [2.24, 2.45) is 5.73 Å². The third-order valence-corrected chi connectivity index (χ3v) is 1.95. The van der Waals surface area contributed by atoms with E-state index in [1.54, 1.807) is 0 Å². The van der Waals surface area contributed by atoms with Gasteiger partial charge in [0, 0.05) is 17.7 Å². The van der Waals surface area contributed by atoms with Gasteiger partial charge in [0.1, 0.15) is 5.69 Å². The van der Waals surface area contributed by atoms with Crippen molar-refractivity contribution < 1.29 is 22.0 Å². The summed E-state index contributed by atoms with van der Waals surface area (Å²) in [5.41, 5.74) is 6.60. The second-order valence-corrected chi connectivity index (χ2v) is 2.96. The Morgan fingerprint density at radius 1 is 1.31 bits per heavy atom. The molecule has 0 spiro atoms. The number of alkyl halides is 5. The van der Waals surface area contributed by atoms with E-state index in [1.807, 2.05) is 0 Å². The molecule has 8 heteroatoms. The first kappa shape index (κ1) is 12.6. The number of halogens is 5. The number of hydrogen-bond donors (Lipinski definition) is 2. The Labute approximate surface area is 87.3 Å². The van der Waals surface area contributed by atoms with E-state index in [4.69, 9.17) is 11.5 Å². The number of hydrogen-bond acceptors (Lipinski definition) is 3. The van der Waals surface area contributed by atoms with Crippen molar-refractivity contribution in [3.05, 3.63) is 23.0 Å². The summed E-state index contributed by atoms with van der Waals surface area (Å²) in [5, 5.41) is 0. The van der Waals surface area contributed by atoms with Gasteiger partial charge in [-0.15, -0.1) is 0 Å². The molecule has 0 atom stereocenters. The van der Waals surface area contributed by atoms with Crippen LogP contribution in [0.4, 0.5) is 27.6 Å². The highest BCUT2D eigenvalue weighted by atomic mass is 19.4. The zero-order valence-corrected chi connectivity index (χ0v) is 7.85. The summed E-state index contributed by atoms with van der Waals surface area (Å²) in [4.78, 5) is 3.00. The molecule has 0 fully saturated rings. The van der Waals surface area contributed by atoms with Crippen molar-refractivity contribution in [3.8, 4) is 0 Å². The van der Waals surface area contributed by atoms with Crippen LogP contribution in [0.2, 0.25) is 0 Å². The zero-order chi connectivity index (χ0) is 12.5. The summed E-state index contributed by atoms with van der Waals surface area (Å²) < 4.78 is 62.2. The van der Waals surface area contributed by atoms with E-state index in [0.717, 1.165) is 0 Å². The smallest absolute Gasteiger partial charge is 0.397 e. The molecule has 3 nitrogen and oxygen atoms in total. The van der Waals surface area contributed by atoms with Crippen molar-refractivity contribution in [1.82, 2.24) is 4.98 Å². The zero-order valence-electron chi connectivity index (χ0n) is 7.85. The second kappa shape index (κ2) is 4.20. The normalized spacial score (nSPS) is 12.2. The first-order valence-corrected chi connectivity index (χ1v) is 4.11. The van der Waals surface area contributed by atoms with E-state index in [9.17, 15) is 22.0 Å². The fourth-order valence-electron chi connectivity index (χ4n) is 1.29. The molecule has 0 saturated carbocycles. The van der Waals surface area contributed by atoms with Gasteiger partial charge in [-0.25, -0.2) is 13.8 Å². The van der Waals surface area contributed by atoms with Crippen LogP contribution in [0.1, 0.15) is 23.2 Å². The Kier molecular flexibility index (Phi) is 3.32. The number of nitrogens with two attached hydrogens (primary N) is 2. The third kappa shape index (κ3) is 2.21.